The van der Waals surface area contributed by atoms with Crippen LogP contribution in [0.4, 0.5) is 4.39 Å². The minimum atomic E-state index is -0.331. The lowest BCUT2D eigenvalue weighted by molar-refractivity contribution is 0.321. The molecular weight excluding hydrogens is 155 g/mol. The Hall–Kier alpha value is -1.31. The van der Waals surface area contributed by atoms with Gasteiger partial charge in [-0.1, -0.05) is 18.7 Å². The molecule has 0 aliphatic heterocycles. The number of ether oxygens (including phenoxy) is 1. The fourth-order valence-corrected chi connectivity index (χ4v) is 0.913. The summed E-state index contributed by atoms with van der Waals surface area (Å²) in [4.78, 5) is 0. The van der Waals surface area contributed by atoms with E-state index in [4.69, 9.17) is 4.74 Å². The van der Waals surface area contributed by atoms with Crippen LogP contribution < -0.4 is 4.74 Å². The largest absolute Gasteiger partial charge is 0.491 e. The average molecular weight is 166 g/mol. The summed E-state index contributed by atoms with van der Waals surface area (Å²) in [6, 6.07) is 4.67. The molecule has 0 saturated carbocycles. The fraction of sp³-hybridized carbons (Fsp3) is 0.200. The quantitative estimate of drug-likeness (QED) is 0.670. The molecule has 0 atom stereocenters. The lowest BCUT2D eigenvalue weighted by Crippen LogP contribution is -1.94. The predicted octanol–water partition coefficient (Wildman–Crippen LogP) is 2.87. The van der Waals surface area contributed by atoms with Crippen LogP contribution in [-0.2, 0) is 0 Å². The number of halogens is 1. The molecule has 1 nitrogen and oxygen atoms in total. The summed E-state index contributed by atoms with van der Waals surface area (Å²) < 4.78 is 18.0. The summed E-state index contributed by atoms with van der Waals surface area (Å²) >= 11 is 0. The van der Waals surface area contributed by atoms with Crippen LogP contribution in [0.1, 0.15) is 12.5 Å². The summed E-state index contributed by atoms with van der Waals surface area (Å²) in [6.45, 7) is 5.87. The number of hydrogen-bond acceptors (Lipinski definition) is 1. The van der Waals surface area contributed by atoms with E-state index in [0.717, 1.165) is 5.56 Å². The van der Waals surface area contributed by atoms with E-state index in [1.807, 2.05) is 6.92 Å². The van der Waals surface area contributed by atoms with Crippen molar-refractivity contribution in [1.82, 2.24) is 0 Å². The minimum absolute atomic E-state index is 0.287. The Bertz CT molecular complexity index is 281. The third kappa shape index (κ3) is 1.84. The Morgan fingerprint density at radius 1 is 1.58 bits per heavy atom. The maximum atomic E-state index is 12.9. The highest BCUT2D eigenvalue weighted by molar-refractivity contribution is 5.49. The molecule has 1 rings (SSSR count). The maximum absolute atomic E-state index is 12.9. The Balaban J connectivity index is 2.99. The van der Waals surface area contributed by atoms with E-state index in [0.29, 0.717) is 6.61 Å². The SMILES string of the molecule is C=Cc1ccc(F)c(OCC)c1. The summed E-state index contributed by atoms with van der Waals surface area (Å²) in [5.74, 6) is -0.0441. The molecule has 0 N–H and O–H groups in total. The van der Waals surface area contributed by atoms with Gasteiger partial charge in [0.1, 0.15) is 0 Å². The van der Waals surface area contributed by atoms with Gasteiger partial charge in [0.25, 0.3) is 0 Å². The first kappa shape index (κ1) is 8.78. The molecule has 0 spiro atoms. The van der Waals surface area contributed by atoms with Crippen LogP contribution >= 0.6 is 0 Å². The number of rotatable bonds is 3. The first-order valence-electron chi connectivity index (χ1n) is 3.82. The van der Waals surface area contributed by atoms with E-state index in [1.165, 1.54) is 6.07 Å². The molecule has 2 heteroatoms. The molecule has 0 radical (unpaired) electrons. The van der Waals surface area contributed by atoms with Crippen molar-refractivity contribution in [2.75, 3.05) is 6.61 Å². The molecule has 0 aromatic heterocycles. The van der Waals surface area contributed by atoms with Crippen LogP contribution in [0.3, 0.4) is 0 Å². The second-order valence-electron chi connectivity index (χ2n) is 2.33. The van der Waals surface area contributed by atoms with E-state index in [-0.39, 0.29) is 11.6 Å². The molecule has 0 unspecified atom stereocenters. The molecule has 0 saturated heterocycles. The van der Waals surface area contributed by atoms with Crippen molar-refractivity contribution < 1.29 is 9.13 Å². The molecule has 0 aliphatic carbocycles. The van der Waals surface area contributed by atoms with Crippen LogP contribution in [0.2, 0.25) is 0 Å². The van der Waals surface area contributed by atoms with E-state index < -0.39 is 0 Å². The molecule has 0 fully saturated rings. The van der Waals surface area contributed by atoms with Crippen molar-refractivity contribution in [1.29, 1.82) is 0 Å². The van der Waals surface area contributed by atoms with Gasteiger partial charge in [-0.25, -0.2) is 4.39 Å². The third-order valence-electron chi connectivity index (χ3n) is 1.49. The van der Waals surface area contributed by atoms with Crippen LogP contribution in [0, 0.1) is 5.82 Å². The highest BCUT2D eigenvalue weighted by Crippen LogP contribution is 2.19. The normalized spacial score (nSPS) is 9.50. The molecule has 0 aliphatic rings. The van der Waals surface area contributed by atoms with Gasteiger partial charge in [0.05, 0.1) is 6.61 Å². The van der Waals surface area contributed by atoms with Crippen molar-refractivity contribution in [3.8, 4) is 5.75 Å². The zero-order valence-corrected chi connectivity index (χ0v) is 7.01. The van der Waals surface area contributed by atoms with E-state index in [1.54, 1.807) is 18.2 Å². The van der Waals surface area contributed by atoms with E-state index >= 15 is 0 Å². The van der Waals surface area contributed by atoms with Gasteiger partial charge < -0.3 is 4.74 Å². The molecule has 12 heavy (non-hydrogen) atoms. The van der Waals surface area contributed by atoms with Gasteiger partial charge in [-0.2, -0.15) is 0 Å². The van der Waals surface area contributed by atoms with Gasteiger partial charge in [-0.15, -0.1) is 0 Å². The van der Waals surface area contributed by atoms with Crippen LogP contribution in [0.5, 0.6) is 5.75 Å². The van der Waals surface area contributed by atoms with Crippen molar-refractivity contribution in [2.24, 2.45) is 0 Å². The minimum Gasteiger partial charge on any atom is -0.491 e. The summed E-state index contributed by atoms with van der Waals surface area (Å²) in [7, 11) is 0. The zero-order valence-electron chi connectivity index (χ0n) is 7.01. The van der Waals surface area contributed by atoms with Gasteiger partial charge in [0, 0.05) is 0 Å². The van der Waals surface area contributed by atoms with Crippen molar-refractivity contribution in [3.63, 3.8) is 0 Å². The molecule has 64 valence electrons. The van der Waals surface area contributed by atoms with Gasteiger partial charge in [-0.05, 0) is 24.6 Å². The highest BCUT2D eigenvalue weighted by Gasteiger charge is 2.01. The van der Waals surface area contributed by atoms with Gasteiger partial charge in [0.15, 0.2) is 11.6 Å². The summed E-state index contributed by atoms with van der Waals surface area (Å²) in [6.07, 6.45) is 1.65. The molecule has 0 heterocycles. The summed E-state index contributed by atoms with van der Waals surface area (Å²) in [5, 5.41) is 0. The topological polar surface area (TPSA) is 9.23 Å². The lowest BCUT2D eigenvalue weighted by atomic mass is 10.2. The Morgan fingerprint density at radius 3 is 2.92 bits per heavy atom. The first-order chi connectivity index (χ1) is 5.77. The second-order valence-corrected chi connectivity index (χ2v) is 2.33. The third-order valence-corrected chi connectivity index (χ3v) is 1.49. The smallest absolute Gasteiger partial charge is 0.165 e. The highest BCUT2D eigenvalue weighted by atomic mass is 19.1. The maximum Gasteiger partial charge on any atom is 0.165 e. The van der Waals surface area contributed by atoms with Gasteiger partial charge >= 0.3 is 0 Å². The molecular formula is C10H11FO. The van der Waals surface area contributed by atoms with Crippen molar-refractivity contribution >= 4 is 6.08 Å². The van der Waals surface area contributed by atoms with Gasteiger partial charge in [-0.3, -0.25) is 0 Å². The van der Waals surface area contributed by atoms with Gasteiger partial charge in [0.2, 0.25) is 0 Å². The molecule has 0 amide bonds. The number of benzene rings is 1. The molecule has 1 aromatic rings. The molecule has 0 bridgehead atoms. The monoisotopic (exact) mass is 166 g/mol. The lowest BCUT2D eigenvalue weighted by Gasteiger charge is -2.04. The second kappa shape index (κ2) is 3.90. The number of hydrogen-bond donors (Lipinski definition) is 0. The average Bonchev–Trinajstić information content (AvgIpc) is 2.09. The molecule has 1 aromatic carbocycles. The fourth-order valence-electron chi connectivity index (χ4n) is 0.913. The van der Waals surface area contributed by atoms with Crippen molar-refractivity contribution in [3.05, 3.63) is 36.2 Å². The van der Waals surface area contributed by atoms with Crippen LogP contribution in [0.25, 0.3) is 6.08 Å². The Morgan fingerprint density at radius 2 is 2.33 bits per heavy atom. The van der Waals surface area contributed by atoms with E-state index in [2.05, 4.69) is 6.58 Å². The first-order valence-corrected chi connectivity index (χ1v) is 3.82. The summed E-state index contributed by atoms with van der Waals surface area (Å²) in [5.41, 5.74) is 0.861. The van der Waals surface area contributed by atoms with E-state index in [9.17, 15) is 4.39 Å². The Labute approximate surface area is 71.5 Å². The standard InChI is InChI=1S/C10H11FO/c1-3-8-5-6-9(11)10(7-8)12-4-2/h3,5-7H,1,4H2,2H3. The van der Waals surface area contributed by atoms with Crippen LogP contribution in [0.15, 0.2) is 24.8 Å². The zero-order chi connectivity index (χ0) is 8.97. The predicted molar refractivity (Wildman–Crippen MR) is 47.7 cm³/mol. The Kier molecular flexibility index (Phi) is 2.86. The van der Waals surface area contributed by atoms with Crippen LogP contribution in [-0.4, -0.2) is 6.61 Å². The van der Waals surface area contributed by atoms with Crippen molar-refractivity contribution in [2.45, 2.75) is 6.92 Å².